The molecule has 0 saturated carbocycles. The van der Waals surface area contributed by atoms with Crippen molar-refractivity contribution in [2.45, 2.75) is 104 Å². The summed E-state index contributed by atoms with van der Waals surface area (Å²) >= 11 is 0. The Morgan fingerprint density at radius 2 is 0.833 bits per heavy atom. The van der Waals surface area contributed by atoms with Gasteiger partial charge < -0.3 is 6.16 Å². The molecule has 0 amide bonds. The van der Waals surface area contributed by atoms with Crippen molar-refractivity contribution >= 4 is 0 Å². The van der Waals surface area contributed by atoms with Gasteiger partial charge in [-0.25, -0.2) is 0 Å². The van der Waals surface area contributed by atoms with Crippen molar-refractivity contribution in [1.82, 2.24) is 0 Å². The van der Waals surface area contributed by atoms with Crippen LogP contribution in [0.4, 0.5) is 0 Å². The molecule has 0 aliphatic rings. The molecule has 0 aliphatic carbocycles. The Kier molecular flexibility index (Phi) is 16.2. The second kappa shape index (κ2) is 17.9. The molecule has 2 rings (SSSR count). The van der Waals surface area contributed by atoms with Gasteiger partial charge in [-0.1, -0.05) is 102 Å². The third kappa shape index (κ3) is 12.2. The van der Waals surface area contributed by atoms with E-state index >= 15 is 0 Å². The van der Waals surface area contributed by atoms with E-state index in [1.165, 1.54) is 101 Å². The van der Waals surface area contributed by atoms with Crippen LogP contribution in [0.5, 0.6) is 11.5 Å². The maximum absolute atomic E-state index is 6.03. The molecule has 0 radical (unpaired) electrons. The first-order valence-corrected chi connectivity index (χ1v) is 12.2. The number of unbranched alkanes of at least 4 members (excludes halogenated alkanes) is 10. The van der Waals surface area contributed by atoms with E-state index in [4.69, 9.17) is 4.74 Å². The summed E-state index contributed by atoms with van der Waals surface area (Å²) in [5.41, 5.74) is 2.84. The van der Waals surface area contributed by atoms with E-state index in [-0.39, 0.29) is 31.0 Å². The van der Waals surface area contributed by atoms with Crippen molar-refractivity contribution < 1.29 is 35.7 Å². The number of hydrogen-bond acceptors (Lipinski definition) is 1. The molecule has 2 heteroatoms. The maximum atomic E-state index is 6.03. The quantitative estimate of drug-likeness (QED) is 0.226. The van der Waals surface area contributed by atoms with Gasteiger partial charge in [-0.15, -0.1) is 0 Å². The van der Waals surface area contributed by atoms with Crippen LogP contribution in [0.1, 0.15) is 103 Å². The molecule has 30 heavy (non-hydrogen) atoms. The van der Waals surface area contributed by atoms with Crippen LogP contribution < -0.4 is 34.3 Å². The molecule has 0 unspecified atom stereocenters. The zero-order chi connectivity index (χ0) is 20.6. The number of benzene rings is 2. The first kappa shape index (κ1) is 27.3. The minimum absolute atomic E-state index is 0. The Bertz CT molecular complexity index is 582. The Labute approximate surface area is 209 Å². The first-order chi connectivity index (χ1) is 14.3. The molecule has 0 fully saturated rings. The molecule has 162 valence electrons. The van der Waals surface area contributed by atoms with Crippen LogP contribution in [-0.4, -0.2) is 0 Å². The summed E-state index contributed by atoms with van der Waals surface area (Å²) in [6, 6.07) is 17.3. The average Bonchev–Trinajstić information content (AvgIpc) is 2.75. The zero-order valence-electron chi connectivity index (χ0n) is 20.9. The minimum Gasteiger partial charge on any atom is -1.00 e. The van der Waals surface area contributed by atoms with Gasteiger partial charge >= 0.3 is 29.6 Å². The summed E-state index contributed by atoms with van der Waals surface area (Å²) in [7, 11) is 0. The summed E-state index contributed by atoms with van der Waals surface area (Å²) in [6.45, 7) is 4.54. The summed E-state index contributed by atoms with van der Waals surface area (Å²) in [6.07, 6.45) is 18.6. The zero-order valence-corrected chi connectivity index (χ0v) is 21.9. The fourth-order valence-electron chi connectivity index (χ4n) is 3.80. The normalized spacial score (nSPS) is 10.6. The SMILES string of the molecule is CCCCCCCCc1ccc(Oc2ccc(CCCCCCCC)cc2)cc1.[H-].[Na+]. The number of hydrogen-bond donors (Lipinski definition) is 0. The van der Waals surface area contributed by atoms with Gasteiger partial charge in [0.15, 0.2) is 0 Å². The number of rotatable bonds is 16. The van der Waals surface area contributed by atoms with Crippen LogP contribution in [0.2, 0.25) is 0 Å². The van der Waals surface area contributed by atoms with E-state index in [1.54, 1.807) is 0 Å². The van der Waals surface area contributed by atoms with Gasteiger partial charge in [0.1, 0.15) is 11.5 Å². The fourth-order valence-corrected chi connectivity index (χ4v) is 3.80. The van der Waals surface area contributed by atoms with Crippen LogP contribution in [0.3, 0.4) is 0 Å². The van der Waals surface area contributed by atoms with Crippen molar-refractivity contribution in [3.8, 4) is 11.5 Å². The molecule has 0 bridgehead atoms. The van der Waals surface area contributed by atoms with Crippen molar-refractivity contribution in [3.63, 3.8) is 0 Å². The first-order valence-electron chi connectivity index (χ1n) is 12.2. The van der Waals surface area contributed by atoms with E-state index in [0.717, 1.165) is 11.5 Å². The van der Waals surface area contributed by atoms with Gasteiger partial charge in [-0.05, 0) is 61.1 Å². The van der Waals surface area contributed by atoms with E-state index in [9.17, 15) is 0 Å². The molecule has 0 aliphatic heterocycles. The predicted molar refractivity (Wildman–Crippen MR) is 128 cm³/mol. The average molecular weight is 419 g/mol. The molecule has 0 aromatic heterocycles. The van der Waals surface area contributed by atoms with Crippen molar-refractivity contribution in [1.29, 1.82) is 0 Å². The van der Waals surface area contributed by atoms with E-state index in [2.05, 4.69) is 62.4 Å². The fraction of sp³-hybridized carbons (Fsp3) is 0.571. The molecular formula is C28H43NaO. The van der Waals surface area contributed by atoms with Gasteiger partial charge in [0, 0.05) is 0 Å². The standard InChI is InChI=1S/C28H42O.Na.H/c1-3-5-7-9-11-13-15-25-17-21-27(22-18-25)29-28-23-19-26(20-24-28)16-14-12-10-8-6-4-2;;/h17-24H,3-16H2,1-2H3;;/q;+1;-1. The third-order valence-corrected chi connectivity index (χ3v) is 5.72. The van der Waals surface area contributed by atoms with Crippen molar-refractivity contribution in [3.05, 3.63) is 59.7 Å². The van der Waals surface area contributed by atoms with Gasteiger partial charge in [0.25, 0.3) is 0 Å². The molecule has 0 N–H and O–H groups in total. The summed E-state index contributed by atoms with van der Waals surface area (Å²) < 4.78 is 6.03. The van der Waals surface area contributed by atoms with Gasteiger partial charge in [0.05, 0.1) is 0 Å². The van der Waals surface area contributed by atoms with E-state index in [1.807, 2.05) is 0 Å². The Morgan fingerprint density at radius 1 is 0.500 bits per heavy atom. The van der Waals surface area contributed by atoms with Crippen LogP contribution in [-0.2, 0) is 12.8 Å². The molecule has 0 spiro atoms. The van der Waals surface area contributed by atoms with Crippen LogP contribution in [0.15, 0.2) is 48.5 Å². The molecular weight excluding hydrogens is 375 g/mol. The van der Waals surface area contributed by atoms with Crippen LogP contribution >= 0.6 is 0 Å². The van der Waals surface area contributed by atoms with Crippen LogP contribution in [0, 0.1) is 0 Å². The largest absolute Gasteiger partial charge is 1.00 e. The maximum Gasteiger partial charge on any atom is 1.00 e. The Morgan fingerprint density at radius 3 is 1.20 bits per heavy atom. The monoisotopic (exact) mass is 418 g/mol. The second-order valence-corrected chi connectivity index (χ2v) is 8.43. The van der Waals surface area contributed by atoms with Gasteiger partial charge in [-0.3, -0.25) is 0 Å². The molecule has 1 nitrogen and oxygen atoms in total. The van der Waals surface area contributed by atoms with Crippen molar-refractivity contribution in [2.24, 2.45) is 0 Å². The van der Waals surface area contributed by atoms with Crippen molar-refractivity contribution in [2.75, 3.05) is 0 Å². The summed E-state index contributed by atoms with van der Waals surface area (Å²) in [4.78, 5) is 0. The summed E-state index contributed by atoms with van der Waals surface area (Å²) in [5.74, 6) is 1.86. The molecule has 0 heterocycles. The van der Waals surface area contributed by atoms with E-state index < -0.39 is 0 Å². The van der Waals surface area contributed by atoms with E-state index in [0.29, 0.717) is 0 Å². The Hall–Kier alpha value is -0.760. The molecule has 2 aromatic rings. The number of aryl methyl sites for hydroxylation is 2. The minimum atomic E-state index is 0. The Balaban J connectivity index is 0.00000450. The predicted octanol–water partition coefficient (Wildman–Crippen LogP) is 6.40. The van der Waals surface area contributed by atoms with Gasteiger partial charge in [0.2, 0.25) is 0 Å². The molecule has 0 saturated heterocycles. The topological polar surface area (TPSA) is 9.23 Å². The smallest absolute Gasteiger partial charge is 1.00 e. The second-order valence-electron chi connectivity index (χ2n) is 8.43. The summed E-state index contributed by atoms with van der Waals surface area (Å²) in [5, 5.41) is 0. The number of ether oxygens (including phenoxy) is 1. The molecule has 0 atom stereocenters. The van der Waals surface area contributed by atoms with Gasteiger partial charge in [-0.2, -0.15) is 0 Å². The third-order valence-electron chi connectivity index (χ3n) is 5.72. The molecule has 2 aromatic carbocycles. The van der Waals surface area contributed by atoms with Crippen LogP contribution in [0.25, 0.3) is 0 Å².